The SMILES string of the molecule is COc1ccc(C(=O)C2(N)NC(=O)N([C@H]3C=C[C@@H](CO)O3)C=C2F)cc1. The minimum absolute atomic E-state index is 0.114. The molecule has 0 aliphatic carbocycles. The number of hydrogen-bond acceptors (Lipinski definition) is 6. The highest BCUT2D eigenvalue weighted by atomic mass is 19.1. The van der Waals surface area contributed by atoms with E-state index >= 15 is 0 Å². The van der Waals surface area contributed by atoms with Gasteiger partial charge in [0.15, 0.2) is 12.1 Å². The number of nitrogens with zero attached hydrogens (tertiary/aromatic N) is 1. The minimum atomic E-state index is -2.32. The Morgan fingerprint density at radius 3 is 2.69 bits per heavy atom. The van der Waals surface area contributed by atoms with Gasteiger partial charge in [-0.2, -0.15) is 0 Å². The maximum atomic E-state index is 14.7. The van der Waals surface area contributed by atoms with Crippen LogP contribution in [0.4, 0.5) is 9.18 Å². The molecule has 2 amide bonds. The highest BCUT2D eigenvalue weighted by Crippen LogP contribution is 2.27. The molecule has 2 heterocycles. The summed E-state index contributed by atoms with van der Waals surface area (Å²) in [5.41, 5.74) is 3.67. The third kappa shape index (κ3) is 3.07. The molecule has 0 spiro atoms. The number of urea groups is 1. The van der Waals surface area contributed by atoms with Gasteiger partial charge in [0, 0.05) is 11.8 Å². The van der Waals surface area contributed by atoms with Gasteiger partial charge in [0.25, 0.3) is 0 Å². The van der Waals surface area contributed by atoms with Crippen molar-refractivity contribution in [2.75, 3.05) is 13.7 Å². The molecule has 8 nitrogen and oxygen atoms in total. The molecule has 0 fully saturated rings. The van der Waals surface area contributed by atoms with Crippen LogP contribution in [0.15, 0.2) is 48.4 Å². The number of ketones is 1. The number of amides is 2. The van der Waals surface area contributed by atoms with Crippen LogP contribution in [0.2, 0.25) is 0 Å². The van der Waals surface area contributed by atoms with Crippen LogP contribution < -0.4 is 15.8 Å². The van der Waals surface area contributed by atoms with E-state index in [1.165, 1.54) is 37.5 Å². The second-order valence-electron chi connectivity index (χ2n) is 5.81. The number of ether oxygens (including phenoxy) is 2. The van der Waals surface area contributed by atoms with Crippen molar-refractivity contribution in [1.82, 2.24) is 10.2 Å². The van der Waals surface area contributed by atoms with Gasteiger partial charge < -0.3 is 19.9 Å². The fourth-order valence-electron chi connectivity index (χ4n) is 2.65. The highest BCUT2D eigenvalue weighted by Gasteiger charge is 2.47. The number of halogens is 1. The van der Waals surface area contributed by atoms with Crippen LogP contribution in [-0.4, -0.2) is 53.5 Å². The predicted octanol–water partition coefficient (Wildman–Crippen LogP) is 0.642. The lowest BCUT2D eigenvalue weighted by Gasteiger charge is -2.37. The van der Waals surface area contributed by atoms with Gasteiger partial charge in [0.05, 0.1) is 13.7 Å². The van der Waals surface area contributed by atoms with E-state index in [0.29, 0.717) is 5.75 Å². The first-order valence-corrected chi connectivity index (χ1v) is 7.79. The van der Waals surface area contributed by atoms with E-state index < -0.39 is 35.6 Å². The fraction of sp³-hybridized carbons (Fsp3) is 0.294. The van der Waals surface area contributed by atoms with Gasteiger partial charge in [-0.15, -0.1) is 0 Å². The van der Waals surface area contributed by atoms with Crippen molar-refractivity contribution >= 4 is 11.8 Å². The van der Waals surface area contributed by atoms with Crippen molar-refractivity contribution in [3.63, 3.8) is 0 Å². The largest absolute Gasteiger partial charge is 0.497 e. The first-order valence-electron chi connectivity index (χ1n) is 7.79. The van der Waals surface area contributed by atoms with E-state index in [0.717, 1.165) is 11.1 Å². The molecule has 0 saturated heterocycles. The number of rotatable bonds is 5. The zero-order valence-corrected chi connectivity index (χ0v) is 13.9. The van der Waals surface area contributed by atoms with Gasteiger partial charge in [-0.3, -0.25) is 15.4 Å². The summed E-state index contributed by atoms with van der Waals surface area (Å²) in [5.74, 6) is -1.33. The summed E-state index contributed by atoms with van der Waals surface area (Å²) >= 11 is 0. The number of aliphatic hydroxyl groups is 1. The van der Waals surface area contributed by atoms with Crippen molar-refractivity contribution < 1.29 is 28.6 Å². The third-order valence-electron chi connectivity index (χ3n) is 4.14. The van der Waals surface area contributed by atoms with Crippen LogP contribution in [0.1, 0.15) is 10.4 Å². The second kappa shape index (κ2) is 6.87. The van der Waals surface area contributed by atoms with Crippen LogP contribution in [0.5, 0.6) is 5.75 Å². The van der Waals surface area contributed by atoms with Gasteiger partial charge in [0.2, 0.25) is 11.4 Å². The van der Waals surface area contributed by atoms with Crippen molar-refractivity contribution in [2.45, 2.75) is 18.0 Å². The normalized spacial score (nSPS) is 27.9. The molecule has 4 N–H and O–H groups in total. The first kappa shape index (κ1) is 18.1. The summed E-state index contributed by atoms with van der Waals surface area (Å²) in [4.78, 5) is 25.9. The molecule has 138 valence electrons. The molecule has 0 saturated carbocycles. The van der Waals surface area contributed by atoms with Gasteiger partial charge in [-0.05, 0) is 30.3 Å². The Bertz CT molecular complexity index is 779. The fourth-order valence-corrected chi connectivity index (χ4v) is 2.65. The smallest absolute Gasteiger partial charge is 0.326 e. The summed E-state index contributed by atoms with van der Waals surface area (Å²) in [6.45, 7) is -0.272. The van der Waals surface area contributed by atoms with Gasteiger partial charge >= 0.3 is 6.03 Å². The molecule has 1 aromatic rings. The predicted molar refractivity (Wildman–Crippen MR) is 88.7 cm³/mol. The van der Waals surface area contributed by atoms with Crippen molar-refractivity contribution in [2.24, 2.45) is 5.73 Å². The van der Waals surface area contributed by atoms with Crippen LogP contribution in [0, 0.1) is 0 Å². The summed E-state index contributed by atoms with van der Waals surface area (Å²) < 4.78 is 25.0. The number of aliphatic hydroxyl groups excluding tert-OH is 1. The Morgan fingerprint density at radius 1 is 1.42 bits per heavy atom. The molecule has 2 aliphatic heterocycles. The van der Waals surface area contributed by atoms with E-state index in [1.807, 2.05) is 0 Å². The molecule has 0 aromatic heterocycles. The van der Waals surface area contributed by atoms with Crippen molar-refractivity contribution in [3.05, 3.63) is 54.0 Å². The number of methoxy groups -OCH3 is 1. The van der Waals surface area contributed by atoms with Crippen molar-refractivity contribution in [3.8, 4) is 5.75 Å². The van der Waals surface area contributed by atoms with Gasteiger partial charge in [-0.25, -0.2) is 9.18 Å². The minimum Gasteiger partial charge on any atom is -0.497 e. The molecule has 2 aliphatic rings. The van der Waals surface area contributed by atoms with Crippen LogP contribution in [-0.2, 0) is 4.74 Å². The molecule has 1 unspecified atom stereocenters. The Hall–Kier alpha value is -2.75. The molecule has 26 heavy (non-hydrogen) atoms. The average Bonchev–Trinajstić information content (AvgIpc) is 3.13. The number of hydrogen-bond donors (Lipinski definition) is 3. The number of nitrogens with one attached hydrogen (secondary N) is 1. The zero-order chi connectivity index (χ0) is 18.9. The Labute approximate surface area is 148 Å². The average molecular weight is 363 g/mol. The number of nitrogens with two attached hydrogens (primary N) is 1. The number of benzene rings is 1. The summed E-state index contributed by atoms with van der Waals surface area (Å²) in [6, 6.07) is 5.11. The lowest BCUT2D eigenvalue weighted by atomic mass is 9.96. The Morgan fingerprint density at radius 2 is 2.12 bits per heavy atom. The van der Waals surface area contributed by atoms with E-state index in [-0.39, 0.29) is 12.2 Å². The number of carbonyl (C=O) groups excluding carboxylic acids is 2. The maximum Gasteiger partial charge on any atom is 0.326 e. The summed E-state index contributed by atoms with van der Waals surface area (Å²) in [6.07, 6.45) is 2.39. The molecule has 0 bridgehead atoms. The third-order valence-corrected chi connectivity index (χ3v) is 4.14. The second-order valence-corrected chi connectivity index (χ2v) is 5.81. The summed E-state index contributed by atoms with van der Waals surface area (Å²) in [5, 5.41) is 11.3. The molecular formula is C17H18FN3O5. The van der Waals surface area contributed by atoms with Gasteiger partial charge in [0.1, 0.15) is 11.9 Å². The highest BCUT2D eigenvalue weighted by molar-refractivity contribution is 6.07. The van der Waals surface area contributed by atoms with E-state index in [4.69, 9.17) is 20.3 Å². The van der Waals surface area contributed by atoms with Crippen LogP contribution in [0.25, 0.3) is 0 Å². The van der Waals surface area contributed by atoms with E-state index in [1.54, 1.807) is 6.08 Å². The topological polar surface area (TPSA) is 114 Å². The lowest BCUT2D eigenvalue weighted by Crippen LogP contribution is -2.67. The number of carbonyl (C=O) groups is 2. The van der Waals surface area contributed by atoms with Crippen LogP contribution in [0.3, 0.4) is 0 Å². The van der Waals surface area contributed by atoms with Crippen LogP contribution >= 0.6 is 0 Å². The quantitative estimate of drug-likeness (QED) is 0.523. The first-order chi connectivity index (χ1) is 12.4. The van der Waals surface area contributed by atoms with Gasteiger partial charge in [-0.1, -0.05) is 6.08 Å². The molecular weight excluding hydrogens is 345 g/mol. The molecule has 0 radical (unpaired) electrons. The zero-order valence-electron chi connectivity index (χ0n) is 13.9. The van der Waals surface area contributed by atoms with E-state index in [9.17, 15) is 14.0 Å². The maximum absolute atomic E-state index is 14.7. The number of Topliss-reactive ketones (excluding diaryl/α,β-unsaturated/α-hetero) is 1. The Kier molecular flexibility index (Phi) is 4.77. The molecule has 9 heteroatoms. The molecule has 3 rings (SSSR count). The standard InChI is InChI=1S/C17H18FN3O5/c1-25-11-4-2-10(3-5-11)15(23)17(19)13(18)8-21(16(24)20-17)14-7-6-12(9-22)26-14/h2-8,12,14,22H,9,19H2,1H3,(H,20,24)/t12-,14+,17?/m0/s1. The molecule has 3 atom stereocenters. The lowest BCUT2D eigenvalue weighted by molar-refractivity contribution is -0.0262. The summed E-state index contributed by atoms with van der Waals surface area (Å²) in [7, 11) is 1.47. The Balaban J connectivity index is 1.84. The molecule has 1 aromatic carbocycles. The monoisotopic (exact) mass is 363 g/mol. The van der Waals surface area contributed by atoms with E-state index in [2.05, 4.69) is 5.32 Å². The van der Waals surface area contributed by atoms with Crippen molar-refractivity contribution in [1.29, 1.82) is 0 Å².